The van der Waals surface area contributed by atoms with E-state index in [1.165, 1.54) is 0 Å². The Morgan fingerprint density at radius 3 is 2.60 bits per heavy atom. The Morgan fingerprint density at radius 1 is 1.20 bits per heavy atom. The molecule has 0 bridgehead atoms. The van der Waals surface area contributed by atoms with Gasteiger partial charge in [0, 0.05) is 0 Å². The smallest absolute Gasteiger partial charge is 0.300 e. The van der Waals surface area contributed by atoms with Crippen molar-refractivity contribution < 1.29 is 0 Å². The van der Waals surface area contributed by atoms with Gasteiger partial charge in [0.05, 0.1) is 0 Å². The molecule has 1 aromatic carbocycles. The fourth-order valence-electron chi connectivity index (χ4n) is 1.72. The van der Waals surface area contributed by atoms with Gasteiger partial charge in [-0.2, -0.15) is 0 Å². The minimum atomic E-state index is 0.287. The molecule has 74 valence electrons. The lowest BCUT2D eigenvalue weighted by Gasteiger charge is -2.09. The summed E-state index contributed by atoms with van der Waals surface area (Å²) in [6.45, 7) is 11.2. The van der Waals surface area contributed by atoms with Crippen molar-refractivity contribution in [2.45, 2.75) is 19.8 Å². The van der Waals surface area contributed by atoms with Crippen LogP contribution >= 0.6 is 0 Å². The van der Waals surface area contributed by atoms with Crippen molar-refractivity contribution in [2.75, 3.05) is 0 Å². The van der Waals surface area contributed by atoms with Crippen molar-refractivity contribution in [1.82, 2.24) is 10.2 Å². The van der Waals surface area contributed by atoms with E-state index in [9.17, 15) is 0 Å². The highest BCUT2D eigenvalue weighted by Gasteiger charge is 2.13. The minimum Gasteiger partial charge on any atom is -0.359 e. The van der Waals surface area contributed by atoms with Crippen molar-refractivity contribution in [3.05, 3.63) is 41.2 Å². The summed E-state index contributed by atoms with van der Waals surface area (Å²) in [6.07, 6.45) is 0. The molecule has 3 heteroatoms. The number of hydrogen-bond donors (Lipinski definition) is 0. The fraction of sp³-hybridized carbons (Fsp3) is 0.250. The highest BCUT2D eigenvalue weighted by Crippen LogP contribution is 2.30. The zero-order valence-electron chi connectivity index (χ0n) is 8.73. The monoisotopic (exact) mass is 197 g/mol. The number of benzene rings is 1. The van der Waals surface area contributed by atoms with Crippen LogP contribution in [-0.4, -0.2) is 10.2 Å². The first-order chi connectivity index (χ1) is 7.24. The lowest BCUT2D eigenvalue weighted by atomic mass is 9.99. The van der Waals surface area contributed by atoms with Gasteiger partial charge in [-0.1, -0.05) is 43.7 Å². The molecular weight excluding hydrogens is 186 g/mol. The molecule has 0 aliphatic rings. The molecule has 0 unspecified atom stereocenters. The second-order valence-electron chi connectivity index (χ2n) is 3.72. The van der Waals surface area contributed by atoms with Crippen LogP contribution in [0.15, 0.2) is 24.3 Å². The molecule has 1 heterocycles. The Morgan fingerprint density at radius 2 is 1.93 bits per heavy atom. The Bertz CT molecular complexity index is 538. The molecule has 0 saturated heterocycles. The summed E-state index contributed by atoms with van der Waals surface area (Å²) in [7, 11) is 0. The number of hydrogen-bond acceptors (Lipinski definition) is 2. The van der Waals surface area contributed by atoms with Gasteiger partial charge < -0.3 is 4.85 Å². The molecule has 0 saturated carbocycles. The van der Waals surface area contributed by atoms with Gasteiger partial charge in [-0.25, -0.2) is 0 Å². The van der Waals surface area contributed by atoms with Crippen molar-refractivity contribution in [2.24, 2.45) is 0 Å². The lowest BCUT2D eigenvalue weighted by molar-refractivity contribution is 0.866. The molecule has 0 aliphatic carbocycles. The summed E-state index contributed by atoms with van der Waals surface area (Å²) >= 11 is 0. The summed E-state index contributed by atoms with van der Waals surface area (Å²) < 4.78 is 0. The molecule has 0 amide bonds. The number of fused-ring (bicyclic) bond motifs is 1. The van der Waals surface area contributed by atoms with Gasteiger partial charge in [-0.3, -0.25) is 0 Å². The van der Waals surface area contributed by atoms with Gasteiger partial charge in [0.15, 0.2) is 0 Å². The zero-order valence-corrected chi connectivity index (χ0v) is 8.73. The first-order valence-electron chi connectivity index (χ1n) is 4.87. The average Bonchev–Trinajstić information content (AvgIpc) is 2.27. The third kappa shape index (κ3) is 1.55. The third-order valence-electron chi connectivity index (χ3n) is 2.37. The third-order valence-corrected chi connectivity index (χ3v) is 2.37. The van der Waals surface area contributed by atoms with E-state index in [2.05, 4.69) is 28.9 Å². The minimum absolute atomic E-state index is 0.287. The second kappa shape index (κ2) is 3.66. The van der Waals surface area contributed by atoms with Crippen molar-refractivity contribution in [1.29, 1.82) is 0 Å². The Labute approximate surface area is 88.6 Å². The van der Waals surface area contributed by atoms with Gasteiger partial charge in [0.25, 0.3) is 5.82 Å². The lowest BCUT2D eigenvalue weighted by Crippen LogP contribution is -1.95. The predicted octanol–water partition coefficient (Wildman–Crippen LogP) is 3.30. The van der Waals surface area contributed by atoms with Crippen LogP contribution in [0.1, 0.15) is 25.3 Å². The molecule has 0 spiro atoms. The van der Waals surface area contributed by atoms with E-state index in [1.807, 2.05) is 24.3 Å². The first kappa shape index (κ1) is 9.60. The maximum absolute atomic E-state index is 7.08. The van der Waals surface area contributed by atoms with E-state index in [0.717, 1.165) is 16.5 Å². The van der Waals surface area contributed by atoms with Crippen LogP contribution in [0, 0.1) is 6.57 Å². The summed E-state index contributed by atoms with van der Waals surface area (Å²) in [5, 5.41) is 9.01. The van der Waals surface area contributed by atoms with Gasteiger partial charge in [-0.15, -0.1) is 0 Å². The molecular formula is C12H11N3. The van der Waals surface area contributed by atoms with Crippen LogP contribution in [-0.2, 0) is 0 Å². The predicted molar refractivity (Wildman–Crippen MR) is 59.9 cm³/mol. The molecule has 15 heavy (non-hydrogen) atoms. The SMILES string of the molecule is [C-]#[N+]c1nnc2ccccc2c1C(C)C. The van der Waals surface area contributed by atoms with Gasteiger partial charge in [0.1, 0.15) is 5.52 Å². The number of rotatable bonds is 1. The van der Waals surface area contributed by atoms with Crippen LogP contribution in [0.5, 0.6) is 0 Å². The number of nitrogens with zero attached hydrogens (tertiary/aromatic N) is 3. The van der Waals surface area contributed by atoms with Crippen LogP contribution in [0.25, 0.3) is 15.7 Å². The van der Waals surface area contributed by atoms with E-state index in [-0.39, 0.29) is 5.92 Å². The molecule has 0 atom stereocenters. The Balaban J connectivity index is 2.86. The van der Waals surface area contributed by atoms with Gasteiger partial charge >= 0.3 is 0 Å². The second-order valence-corrected chi connectivity index (χ2v) is 3.72. The zero-order chi connectivity index (χ0) is 10.8. The Hall–Kier alpha value is -1.95. The van der Waals surface area contributed by atoms with E-state index in [1.54, 1.807) is 0 Å². The molecule has 0 fully saturated rings. The molecule has 3 nitrogen and oxygen atoms in total. The van der Waals surface area contributed by atoms with E-state index in [4.69, 9.17) is 6.57 Å². The van der Waals surface area contributed by atoms with Gasteiger partial charge in [-0.05, 0) is 28.0 Å². The maximum atomic E-state index is 7.08. The molecule has 0 aliphatic heterocycles. The molecule has 1 aromatic heterocycles. The number of aromatic nitrogens is 2. The first-order valence-corrected chi connectivity index (χ1v) is 4.87. The maximum Gasteiger partial charge on any atom is 0.300 e. The average molecular weight is 197 g/mol. The fourth-order valence-corrected chi connectivity index (χ4v) is 1.72. The van der Waals surface area contributed by atoms with Crippen LogP contribution in [0.4, 0.5) is 5.82 Å². The summed E-state index contributed by atoms with van der Waals surface area (Å²) in [5.74, 6) is 0.707. The normalized spacial score (nSPS) is 10.5. The largest absolute Gasteiger partial charge is 0.359 e. The van der Waals surface area contributed by atoms with Crippen molar-refractivity contribution >= 4 is 16.7 Å². The topological polar surface area (TPSA) is 30.1 Å². The van der Waals surface area contributed by atoms with E-state index < -0.39 is 0 Å². The molecule has 0 radical (unpaired) electrons. The summed E-state index contributed by atoms with van der Waals surface area (Å²) in [4.78, 5) is 3.42. The highest BCUT2D eigenvalue weighted by molar-refractivity contribution is 5.85. The van der Waals surface area contributed by atoms with Crippen molar-refractivity contribution in [3.8, 4) is 0 Å². The van der Waals surface area contributed by atoms with Crippen LogP contribution in [0.2, 0.25) is 0 Å². The van der Waals surface area contributed by atoms with Gasteiger partial charge in [0.2, 0.25) is 0 Å². The molecule has 2 rings (SSSR count). The van der Waals surface area contributed by atoms with Crippen LogP contribution in [0.3, 0.4) is 0 Å². The van der Waals surface area contributed by atoms with Crippen molar-refractivity contribution in [3.63, 3.8) is 0 Å². The highest BCUT2D eigenvalue weighted by atomic mass is 15.1. The quantitative estimate of drug-likeness (QED) is 0.656. The van der Waals surface area contributed by atoms with Crippen LogP contribution < -0.4 is 0 Å². The van der Waals surface area contributed by atoms with E-state index >= 15 is 0 Å². The summed E-state index contributed by atoms with van der Waals surface area (Å²) in [6, 6.07) is 7.80. The standard InChI is InChI=1S/C12H11N3/c1-8(2)11-9-6-4-5-7-10(9)14-15-12(11)13-3/h4-8H,1-2H3. The summed E-state index contributed by atoms with van der Waals surface area (Å²) in [5.41, 5.74) is 1.85. The molecule has 2 aromatic rings. The van der Waals surface area contributed by atoms with E-state index in [0.29, 0.717) is 5.82 Å². The molecule has 0 N–H and O–H groups in total. The Kier molecular flexibility index (Phi) is 2.34.